The number of rotatable bonds is 11. The topological polar surface area (TPSA) is 119 Å². The number of hydrogen-bond acceptors (Lipinski definition) is 7. The van der Waals surface area contributed by atoms with Gasteiger partial charge in [-0.1, -0.05) is 19.8 Å². The Balaban J connectivity index is 4.03. The van der Waals surface area contributed by atoms with Crippen LogP contribution in [0.15, 0.2) is 0 Å². The second-order valence-corrected chi connectivity index (χ2v) is 4.05. The van der Waals surface area contributed by atoms with Gasteiger partial charge >= 0.3 is 0 Å². The number of carbonyl (C=O) groups is 1. The van der Waals surface area contributed by atoms with E-state index in [-0.39, 0.29) is 0 Å². The lowest BCUT2D eigenvalue weighted by Gasteiger charge is -2.25. The van der Waals surface area contributed by atoms with E-state index in [1.165, 1.54) is 0 Å². The van der Waals surface area contributed by atoms with Crippen LogP contribution >= 0.6 is 0 Å². The second kappa shape index (κ2) is 10.4. The SMILES string of the molecule is CCCCCNOC(C=O)C(O)C(O)C(O)CO. The van der Waals surface area contributed by atoms with Crippen LogP contribution in [-0.2, 0) is 9.63 Å². The van der Waals surface area contributed by atoms with Crippen molar-refractivity contribution in [1.29, 1.82) is 0 Å². The van der Waals surface area contributed by atoms with Gasteiger partial charge in [0.1, 0.15) is 18.3 Å². The molecule has 108 valence electrons. The Labute approximate surface area is 106 Å². The molecule has 0 rings (SSSR count). The highest BCUT2D eigenvalue weighted by molar-refractivity contribution is 5.57. The summed E-state index contributed by atoms with van der Waals surface area (Å²) in [6.45, 7) is 1.85. The highest BCUT2D eigenvalue weighted by atomic mass is 16.7. The quantitative estimate of drug-likeness (QED) is 0.172. The molecule has 0 aromatic rings. The van der Waals surface area contributed by atoms with Crippen LogP contribution in [0.3, 0.4) is 0 Å². The number of aliphatic hydroxyl groups is 4. The fourth-order valence-electron chi connectivity index (χ4n) is 1.31. The number of carbonyl (C=O) groups excluding carboxylic acids is 1. The van der Waals surface area contributed by atoms with Gasteiger partial charge in [-0.25, -0.2) is 5.48 Å². The van der Waals surface area contributed by atoms with Crippen molar-refractivity contribution in [2.45, 2.75) is 50.6 Å². The number of unbranched alkanes of at least 4 members (excludes halogenated alkanes) is 2. The molecular formula is C11H23NO6. The van der Waals surface area contributed by atoms with Gasteiger partial charge in [0.05, 0.1) is 6.61 Å². The van der Waals surface area contributed by atoms with Gasteiger partial charge in [-0.05, 0) is 6.42 Å². The van der Waals surface area contributed by atoms with Crippen LogP contribution in [0.1, 0.15) is 26.2 Å². The van der Waals surface area contributed by atoms with Crippen molar-refractivity contribution < 1.29 is 30.1 Å². The zero-order valence-electron chi connectivity index (χ0n) is 10.5. The number of hydrogen-bond donors (Lipinski definition) is 5. The number of hydroxylamine groups is 1. The second-order valence-electron chi connectivity index (χ2n) is 4.05. The molecule has 4 unspecified atom stereocenters. The third kappa shape index (κ3) is 6.39. The molecule has 0 saturated carbocycles. The van der Waals surface area contributed by atoms with Gasteiger partial charge < -0.3 is 25.2 Å². The zero-order valence-corrected chi connectivity index (χ0v) is 10.5. The summed E-state index contributed by atoms with van der Waals surface area (Å²) in [4.78, 5) is 15.6. The van der Waals surface area contributed by atoms with Crippen molar-refractivity contribution in [2.24, 2.45) is 0 Å². The van der Waals surface area contributed by atoms with E-state index < -0.39 is 31.0 Å². The maximum Gasteiger partial charge on any atom is 0.162 e. The molecular weight excluding hydrogens is 242 g/mol. The van der Waals surface area contributed by atoms with Crippen molar-refractivity contribution in [3.8, 4) is 0 Å². The van der Waals surface area contributed by atoms with Crippen molar-refractivity contribution in [1.82, 2.24) is 5.48 Å². The van der Waals surface area contributed by atoms with Crippen LogP contribution in [0.4, 0.5) is 0 Å². The Kier molecular flexibility index (Phi) is 10.0. The Bertz CT molecular complexity index is 216. The van der Waals surface area contributed by atoms with E-state index in [2.05, 4.69) is 5.48 Å². The van der Waals surface area contributed by atoms with Crippen molar-refractivity contribution in [3.05, 3.63) is 0 Å². The van der Waals surface area contributed by atoms with E-state index in [4.69, 9.17) is 15.1 Å². The fraction of sp³-hybridized carbons (Fsp3) is 0.909. The average molecular weight is 265 g/mol. The van der Waals surface area contributed by atoms with E-state index >= 15 is 0 Å². The predicted octanol–water partition coefficient (Wildman–Crippen LogP) is -1.66. The van der Waals surface area contributed by atoms with Crippen LogP contribution in [0, 0.1) is 0 Å². The Morgan fingerprint density at radius 1 is 1.22 bits per heavy atom. The third-order valence-corrected chi connectivity index (χ3v) is 2.50. The fourth-order valence-corrected chi connectivity index (χ4v) is 1.31. The van der Waals surface area contributed by atoms with Crippen LogP contribution in [0.5, 0.6) is 0 Å². The number of aliphatic hydroxyl groups excluding tert-OH is 4. The van der Waals surface area contributed by atoms with Gasteiger partial charge in [0.2, 0.25) is 0 Å². The molecule has 18 heavy (non-hydrogen) atoms. The molecule has 0 fully saturated rings. The summed E-state index contributed by atoms with van der Waals surface area (Å²) in [6.07, 6.45) is -2.84. The first-order valence-corrected chi connectivity index (χ1v) is 6.07. The predicted molar refractivity (Wildman–Crippen MR) is 63.6 cm³/mol. The zero-order chi connectivity index (χ0) is 14.0. The third-order valence-electron chi connectivity index (χ3n) is 2.50. The summed E-state index contributed by atoms with van der Waals surface area (Å²) in [7, 11) is 0. The normalized spacial score (nSPS) is 18.1. The van der Waals surface area contributed by atoms with Crippen molar-refractivity contribution in [3.63, 3.8) is 0 Å². The molecule has 0 aliphatic heterocycles. The molecule has 0 aliphatic rings. The monoisotopic (exact) mass is 265 g/mol. The van der Waals surface area contributed by atoms with Crippen LogP contribution in [0.2, 0.25) is 0 Å². The van der Waals surface area contributed by atoms with Crippen LogP contribution in [0.25, 0.3) is 0 Å². The molecule has 0 aliphatic carbocycles. The molecule has 0 spiro atoms. The van der Waals surface area contributed by atoms with E-state index in [1.54, 1.807) is 0 Å². The smallest absolute Gasteiger partial charge is 0.162 e. The molecule has 5 N–H and O–H groups in total. The van der Waals surface area contributed by atoms with Gasteiger partial charge in [0, 0.05) is 6.54 Å². The molecule has 0 amide bonds. The van der Waals surface area contributed by atoms with Gasteiger partial charge in [-0.3, -0.25) is 4.84 Å². The summed E-state index contributed by atoms with van der Waals surface area (Å²) in [6, 6.07) is 0. The molecule has 0 aromatic carbocycles. The maximum absolute atomic E-state index is 10.7. The van der Waals surface area contributed by atoms with Crippen LogP contribution < -0.4 is 5.48 Å². The summed E-state index contributed by atoms with van der Waals surface area (Å²) < 4.78 is 0. The Morgan fingerprint density at radius 3 is 2.39 bits per heavy atom. The molecule has 0 radical (unpaired) electrons. The van der Waals surface area contributed by atoms with Gasteiger partial charge in [0.25, 0.3) is 0 Å². The van der Waals surface area contributed by atoms with E-state index in [9.17, 15) is 15.0 Å². The first-order chi connectivity index (χ1) is 8.58. The highest BCUT2D eigenvalue weighted by Gasteiger charge is 2.31. The Morgan fingerprint density at radius 2 is 1.89 bits per heavy atom. The van der Waals surface area contributed by atoms with E-state index in [1.807, 2.05) is 6.92 Å². The summed E-state index contributed by atoms with van der Waals surface area (Å²) >= 11 is 0. The lowest BCUT2D eigenvalue weighted by molar-refractivity contribution is -0.158. The molecule has 0 aromatic heterocycles. The summed E-state index contributed by atoms with van der Waals surface area (Å²) in [5.41, 5.74) is 2.52. The summed E-state index contributed by atoms with van der Waals surface area (Å²) in [5, 5.41) is 36.7. The molecule has 4 atom stereocenters. The standard InChI is InChI=1S/C11H23NO6/c1-2-3-4-5-12-18-9(7-14)11(17)10(16)8(15)6-13/h7-13,15-17H,2-6H2,1H3. The van der Waals surface area contributed by atoms with E-state index in [0.717, 1.165) is 19.3 Å². The minimum atomic E-state index is -1.65. The number of nitrogens with one attached hydrogen (secondary N) is 1. The van der Waals surface area contributed by atoms with Gasteiger partial charge in [0.15, 0.2) is 12.4 Å². The number of aldehydes is 1. The molecule has 0 saturated heterocycles. The average Bonchev–Trinajstić information content (AvgIpc) is 2.40. The largest absolute Gasteiger partial charge is 0.394 e. The minimum absolute atomic E-state index is 0.324. The molecule has 7 nitrogen and oxygen atoms in total. The van der Waals surface area contributed by atoms with Gasteiger partial charge in [-0.2, -0.15) is 0 Å². The van der Waals surface area contributed by atoms with Crippen molar-refractivity contribution in [2.75, 3.05) is 13.2 Å². The highest BCUT2D eigenvalue weighted by Crippen LogP contribution is 2.06. The van der Waals surface area contributed by atoms with E-state index in [0.29, 0.717) is 12.8 Å². The maximum atomic E-state index is 10.7. The molecule has 0 heterocycles. The first-order valence-electron chi connectivity index (χ1n) is 6.07. The minimum Gasteiger partial charge on any atom is -0.394 e. The lowest BCUT2D eigenvalue weighted by atomic mass is 10.0. The van der Waals surface area contributed by atoms with Crippen LogP contribution in [-0.4, -0.2) is 64.3 Å². The lowest BCUT2D eigenvalue weighted by Crippen LogP contribution is -2.48. The van der Waals surface area contributed by atoms with Crippen molar-refractivity contribution >= 4 is 6.29 Å². The van der Waals surface area contributed by atoms with Gasteiger partial charge in [-0.15, -0.1) is 0 Å². The summed E-state index contributed by atoms with van der Waals surface area (Å²) in [5.74, 6) is 0. The Hall–Kier alpha value is -0.570. The molecule has 0 bridgehead atoms. The first kappa shape index (κ1) is 17.4. The molecule has 7 heteroatoms.